The van der Waals surface area contributed by atoms with Gasteiger partial charge in [-0.2, -0.15) is 0 Å². The van der Waals surface area contributed by atoms with Gasteiger partial charge in [0, 0.05) is 25.0 Å². The minimum absolute atomic E-state index is 0.717. The largest absolute Gasteiger partial charge is 0.310 e. The Kier molecular flexibility index (Phi) is 7.47. The highest BCUT2D eigenvalue weighted by molar-refractivity contribution is 7.09. The average Bonchev–Trinajstić information content (AvgIpc) is 2.76. The van der Waals surface area contributed by atoms with E-state index in [0.717, 1.165) is 32.7 Å². The molecule has 0 spiro atoms. The fourth-order valence-corrected chi connectivity index (χ4v) is 2.68. The minimum Gasteiger partial charge on any atom is -0.310 e. The molecule has 0 saturated heterocycles. The van der Waals surface area contributed by atoms with Crippen LogP contribution in [0.1, 0.15) is 44.8 Å². The third kappa shape index (κ3) is 5.94. The number of thiazole rings is 1. The molecule has 4 heteroatoms. The van der Waals surface area contributed by atoms with Crippen LogP contribution in [0.15, 0.2) is 5.38 Å². The van der Waals surface area contributed by atoms with E-state index in [1.54, 1.807) is 11.3 Å². The van der Waals surface area contributed by atoms with Crippen molar-refractivity contribution in [2.24, 2.45) is 5.92 Å². The molecule has 0 aliphatic carbocycles. The Labute approximate surface area is 116 Å². The lowest BCUT2D eigenvalue weighted by Crippen LogP contribution is -2.27. The quantitative estimate of drug-likeness (QED) is 0.698. The van der Waals surface area contributed by atoms with Crippen LogP contribution in [-0.4, -0.2) is 29.5 Å². The lowest BCUT2D eigenvalue weighted by molar-refractivity contribution is 0.246. The van der Waals surface area contributed by atoms with Crippen LogP contribution < -0.4 is 5.32 Å². The van der Waals surface area contributed by atoms with E-state index in [1.165, 1.54) is 17.1 Å². The molecule has 0 aliphatic heterocycles. The maximum absolute atomic E-state index is 4.69. The molecule has 0 aliphatic rings. The highest BCUT2D eigenvalue weighted by Crippen LogP contribution is 2.12. The van der Waals surface area contributed by atoms with Crippen LogP contribution in [0.2, 0.25) is 0 Å². The molecule has 0 atom stereocenters. The van der Waals surface area contributed by atoms with Gasteiger partial charge in [0.05, 0.1) is 5.69 Å². The van der Waals surface area contributed by atoms with Crippen molar-refractivity contribution < 1.29 is 0 Å². The third-order valence-electron chi connectivity index (χ3n) is 2.76. The second kappa shape index (κ2) is 8.62. The van der Waals surface area contributed by atoms with Gasteiger partial charge in [-0.15, -0.1) is 11.3 Å². The molecule has 1 heterocycles. The number of rotatable bonds is 9. The molecule has 0 fully saturated rings. The van der Waals surface area contributed by atoms with Crippen molar-refractivity contribution in [3.05, 3.63) is 16.1 Å². The van der Waals surface area contributed by atoms with Crippen molar-refractivity contribution in [2.45, 2.75) is 47.2 Å². The van der Waals surface area contributed by atoms with Crippen LogP contribution in [0, 0.1) is 5.92 Å². The van der Waals surface area contributed by atoms with E-state index in [1.807, 2.05) is 0 Å². The second-order valence-corrected chi connectivity index (χ2v) is 6.07. The summed E-state index contributed by atoms with van der Waals surface area (Å²) in [5, 5.41) is 6.81. The highest BCUT2D eigenvalue weighted by atomic mass is 32.1. The number of hydrogen-bond acceptors (Lipinski definition) is 4. The van der Waals surface area contributed by atoms with Gasteiger partial charge in [0.15, 0.2) is 0 Å². The summed E-state index contributed by atoms with van der Waals surface area (Å²) >= 11 is 1.77. The van der Waals surface area contributed by atoms with Gasteiger partial charge in [-0.25, -0.2) is 4.98 Å². The van der Waals surface area contributed by atoms with Gasteiger partial charge >= 0.3 is 0 Å². The average molecular weight is 269 g/mol. The third-order valence-corrected chi connectivity index (χ3v) is 3.66. The first-order chi connectivity index (χ1) is 8.65. The topological polar surface area (TPSA) is 28.2 Å². The number of hydrogen-bond donors (Lipinski definition) is 1. The van der Waals surface area contributed by atoms with Gasteiger partial charge < -0.3 is 5.32 Å². The Morgan fingerprint density at radius 3 is 2.78 bits per heavy atom. The van der Waals surface area contributed by atoms with Crippen LogP contribution in [0.3, 0.4) is 0 Å². The molecule has 0 radical (unpaired) electrons. The van der Waals surface area contributed by atoms with Crippen molar-refractivity contribution >= 4 is 11.3 Å². The number of aromatic nitrogens is 1. The first-order valence-corrected chi connectivity index (χ1v) is 7.90. The molecule has 1 rings (SSSR count). The second-order valence-electron chi connectivity index (χ2n) is 5.13. The molecule has 0 aromatic carbocycles. The maximum Gasteiger partial charge on any atom is 0.107 e. The van der Waals surface area contributed by atoms with Crippen LogP contribution >= 0.6 is 11.3 Å². The van der Waals surface area contributed by atoms with Crippen LogP contribution in [0.5, 0.6) is 0 Å². The zero-order chi connectivity index (χ0) is 13.4. The summed E-state index contributed by atoms with van der Waals surface area (Å²) < 4.78 is 0. The molecule has 1 aromatic rings. The summed E-state index contributed by atoms with van der Waals surface area (Å²) in [6.07, 6.45) is 1.18. The van der Waals surface area contributed by atoms with E-state index in [-0.39, 0.29) is 0 Å². The fraction of sp³-hybridized carbons (Fsp3) is 0.786. The van der Waals surface area contributed by atoms with Crippen molar-refractivity contribution in [3.63, 3.8) is 0 Å². The molecule has 18 heavy (non-hydrogen) atoms. The summed E-state index contributed by atoms with van der Waals surface area (Å²) in [5.41, 5.74) is 1.22. The number of nitrogens with zero attached hydrogens (tertiary/aromatic N) is 2. The van der Waals surface area contributed by atoms with Crippen LogP contribution in [-0.2, 0) is 13.1 Å². The van der Waals surface area contributed by atoms with Gasteiger partial charge in [-0.05, 0) is 25.4 Å². The van der Waals surface area contributed by atoms with E-state index in [2.05, 4.69) is 43.3 Å². The predicted octanol–water partition coefficient (Wildman–Crippen LogP) is 3.12. The normalized spacial score (nSPS) is 11.7. The summed E-state index contributed by atoms with van der Waals surface area (Å²) in [7, 11) is 0. The fourth-order valence-electron chi connectivity index (χ4n) is 1.93. The van der Waals surface area contributed by atoms with E-state index < -0.39 is 0 Å². The Morgan fingerprint density at radius 2 is 2.17 bits per heavy atom. The van der Waals surface area contributed by atoms with Gasteiger partial charge in [-0.1, -0.05) is 27.7 Å². The van der Waals surface area contributed by atoms with Gasteiger partial charge in [0.2, 0.25) is 0 Å². The molecule has 0 bridgehead atoms. The molecule has 0 unspecified atom stereocenters. The van der Waals surface area contributed by atoms with Crippen molar-refractivity contribution in [1.82, 2.24) is 15.2 Å². The van der Waals surface area contributed by atoms with Crippen molar-refractivity contribution in [3.8, 4) is 0 Å². The summed E-state index contributed by atoms with van der Waals surface area (Å²) in [4.78, 5) is 7.15. The zero-order valence-electron chi connectivity index (χ0n) is 12.2. The monoisotopic (exact) mass is 269 g/mol. The van der Waals surface area contributed by atoms with E-state index in [0.29, 0.717) is 5.92 Å². The molecule has 1 aromatic heterocycles. The lowest BCUT2D eigenvalue weighted by atomic mass is 10.2. The van der Waals surface area contributed by atoms with E-state index in [4.69, 9.17) is 4.98 Å². The first kappa shape index (κ1) is 15.6. The van der Waals surface area contributed by atoms with E-state index >= 15 is 0 Å². The highest BCUT2D eigenvalue weighted by Gasteiger charge is 2.08. The molecule has 0 amide bonds. The molecule has 0 saturated carbocycles. The van der Waals surface area contributed by atoms with Crippen LogP contribution in [0.25, 0.3) is 0 Å². The summed E-state index contributed by atoms with van der Waals surface area (Å²) in [5.74, 6) is 0.717. The van der Waals surface area contributed by atoms with Crippen molar-refractivity contribution in [2.75, 3.05) is 19.6 Å². The Hall–Kier alpha value is -0.450. The molecule has 104 valence electrons. The van der Waals surface area contributed by atoms with Crippen LogP contribution in [0.4, 0.5) is 0 Å². The van der Waals surface area contributed by atoms with Gasteiger partial charge in [0.1, 0.15) is 5.01 Å². The SMILES string of the molecule is CCCNCc1nc(CN(CC)CC(C)C)cs1. The Morgan fingerprint density at radius 1 is 1.39 bits per heavy atom. The molecular weight excluding hydrogens is 242 g/mol. The van der Waals surface area contributed by atoms with Gasteiger partial charge in [0.25, 0.3) is 0 Å². The smallest absolute Gasteiger partial charge is 0.107 e. The molecule has 1 N–H and O–H groups in total. The lowest BCUT2D eigenvalue weighted by Gasteiger charge is -2.21. The maximum atomic E-state index is 4.69. The van der Waals surface area contributed by atoms with Gasteiger partial charge in [-0.3, -0.25) is 4.90 Å². The number of nitrogens with one attached hydrogen (secondary N) is 1. The predicted molar refractivity (Wildman–Crippen MR) is 79.9 cm³/mol. The van der Waals surface area contributed by atoms with Crippen molar-refractivity contribution in [1.29, 1.82) is 0 Å². The van der Waals surface area contributed by atoms with E-state index in [9.17, 15) is 0 Å². The molecule has 3 nitrogen and oxygen atoms in total. The minimum atomic E-state index is 0.717. The Balaban J connectivity index is 2.41. The summed E-state index contributed by atoms with van der Waals surface area (Å²) in [6, 6.07) is 0. The Bertz CT molecular complexity index is 323. The molecular formula is C14H27N3S. The zero-order valence-corrected chi connectivity index (χ0v) is 13.0. The standard InChI is InChI=1S/C14H27N3S/c1-5-7-15-8-14-16-13(11-18-14)10-17(6-2)9-12(3)4/h11-12,15H,5-10H2,1-4H3. The first-order valence-electron chi connectivity index (χ1n) is 7.02. The summed E-state index contributed by atoms with van der Waals surface area (Å²) in [6.45, 7) is 14.2.